The van der Waals surface area contributed by atoms with Crippen LogP contribution in [-0.2, 0) is 17.9 Å². The lowest BCUT2D eigenvalue weighted by Crippen LogP contribution is -2.27. The zero-order valence-electron chi connectivity index (χ0n) is 20.9. The Labute approximate surface area is 211 Å². The molecule has 0 saturated carbocycles. The van der Waals surface area contributed by atoms with Gasteiger partial charge >= 0.3 is 0 Å². The molecule has 2 heterocycles. The zero-order chi connectivity index (χ0) is 25.2. The molecule has 0 saturated heterocycles. The van der Waals surface area contributed by atoms with Crippen LogP contribution in [0.2, 0.25) is 0 Å². The standard InChI is InChI=1S/C28H33N5O3/c1-3-32(4-2)16-19-36-25-13-11-24(12-14-25)30-28-29-20-23-10-15-26(34)33(27(23)31-28)17-18-35-21-22-8-6-5-7-9-22/h5-15,20H,3-4,16-19,21H2,1-2H3,(H,29,30,31). The van der Waals surface area contributed by atoms with Gasteiger partial charge < -0.3 is 19.7 Å². The molecule has 4 rings (SSSR count). The summed E-state index contributed by atoms with van der Waals surface area (Å²) in [6, 6.07) is 20.9. The highest BCUT2D eigenvalue weighted by atomic mass is 16.5. The summed E-state index contributed by atoms with van der Waals surface area (Å²) in [5.41, 5.74) is 2.37. The van der Waals surface area contributed by atoms with E-state index in [4.69, 9.17) is 9.47 Å². The van der Waals surface area contributed by atoms with Crippen molar-refractivity contribution in [3.05, 3.63) is 88.8 Å². The van der Waals surface area contributed by atoms with Gasteiger partial charge in [0.15, 0.2) is 0 Å². The van der Waals surface area contributed by atoms with Gasteiger partial charge in [-0.15, -0.1) is 0 Å². The summed E-state index contributed by atoms with van der Waals surface area (Å²) in [5.74, 6) is 1.23. The number of fused-ring (bicyclic) bond motifs is 1. The smallest absolute Gasteiger partial charge is 0.252 e. The Morgan fingerprint density at radius 3 is 2.47 bits per heavy atom. The fourth-order valence-corrected chi connectivity index (χ4v) is 3.86. The summed E-state index contributed by atoms with van der Waals surface area (Å²) < 4.78 is 13.3. The number of benzene rings is 2. The first kappa shape index (κ1) is 25.3. The Morgan fingerprint density at radius 2 is 1.72 bits per heavy atom. The van der Waals surface area contributed by atoms with E-state index in [2.05, 4.69) is 34.0 Å². The number of aromatic nitrogens is 3. The molecular formula is C28H33N5O3. The predicted molar refractivity (Wildman–Crippen MR) is 143 cm³/mol. The van der Waals surface area contributed by atoms with Crippen LogP contribution in [0.15, 0.2) is 77.7 Å². The minimum Gasteiger partial charge on any atom is -0.492 e. The Balaban J connectivity index is 1.39. The predicted octanol–water partition coefficient (Wildman–Crippen LogP) is 4.47. The van der Waals surface area contributed by atoms with Crippen LogP contribution in [0.4, 0.5) is 11.6 Å². The van der Waals surface area contributed by atoms with Crippen molar-refractivity contribution in [3.8, 4) is 5.75 Å². The van der Waals surface area contributed by atoms with Gasteiger partial charge in [-0.2, -0.15) is 4.98 Å². The highest BCUT2D eigenvalue weighted by molar-refractivity contribution is 5.75. The summed E-state index contributed by atoms with van der Waals surface area (Å²) >= 11 is 0. The molecule has 0 amide bonds. The third-order valence-electron chi connectivity index (χ3n) is 5.98. The van der Waals surface area contributed by atoms with E-state index in [1.54, 1.807) is 16.8 Å². The summed E-state index contributed by atoms with van der Waals surface area (Å²) in [7, 11) is 0. The second kappa shape index (κ2) is 12.8. The minimum atomic E-state index is -0.123. The number of pyridine rings is 1. The number of nitrogens with one attached hydrogen (secondary N) is 1. The number of nitrogens with zero attached hydrogens (tertiary/aromatic N) is 4. The molecule has 0 atom stereocenters. The van der Waals surface area contributed by atoms with Crippen molar-refractivity contribution in [2.24, 2.45) is 0 Å². The van der Waals surface area contributed by atoms with Gasteiger partial charge in [0.25, 0.3) is 5.56 Å². The summed E-state index contributed by atoms with van der Waals surface area (Å²) in [6.45, 7) is 9.18. The van der Waals surface area contributed by atoms with Gasteiger partial charge in [0.05, 0.1) is 19.8 Å². The second-order valence-electron chi connectivity index (χ2n) is 8.36. The Bertz CT molecular complexity index is 1290. The maximum Gasteiger partial charge on any atom is 0.252 e. The third-order valence-corrected chi connectivity index (χ3v) is 5.98. The number of rotatable bonds is 13. The van der Waals surface area contributed by atoms with E-state index < -0.39 is 0 Å². The first-order valence-corrected chi connectivity index (χ1v) is 12.4. The quantitative estimate of drug-likeness (QED) is 0.279. The van der Waals surface area contributed by atoms with Gasteiger partial charge in [0.1, 0.15) is 18.0 Å². The average molecular weight is 488 g/mol. The molecule has 1 N–H and O–H groups in total. The molecule has 2 aromatic heterocycles. The van der Waals surface area contributed by atoms with Crippen molar-refractivity contribution in [2.45, 2.75) is 27.0 Å². The number of ether oxygens (including phenoxy) is 2. The van der Waals surface area contributed by atoms with Gasteiger partial charge in [-0.3, -0.25) is 9.36 Å². The lowest BCUT2D eigenvalue weighted by atomic mass is 10.2. The highest BCUT2D eigenvalue weighted by Gasteiger charge is 2.08. The lowest BCUT2D eigenvalue weighted by Gasteiger charge is -2.18. The summed E-state index contributed by atoms with van der Waals surface area (Å²) in [6.07, 6.45) is 1.72. The van der Waals surface area contributed by atoms with E-state index in [1.165, 1.54) is 6.07 Å². The molecule has 0 fully saturated rings. The first-order chi connectivity index (χ1) is 17.7. The van der Waals surface area contributed by atoms with Crippen molar-refractivity contribution < 1.29 is 9.47 Å². The summed E-state index contributed by atoms with van der Waals surface area (Å²) in [4.78, 5) is 23.9. The van der Waals surface area contributed by atoms with Crippen LogP contribution in [0.25, 0.3) is 11.0 Å². The number of hydrogen-bond donors (Lipinski definition) is 1. The third kappa shape index (κ3) is 6.90. The van der Waals surface area contributed by atoms with E-state index in [0.717, 1.165) is 42.0 Å². The van der Waals surface area contributed by atoms with Gasteiger partial charge in [0.2, 0.25) is 5.95 Å². The highest BCUT2D eigenvalue weighted by Crippen LogP contribution is 2.19. The van der Waals surface area contributed by atoms with Crippen LogP contribution in [0.1, 0.15) is 19.4 Å². The first-order valence-electron chi connectivity index (χ1n) is 12.4. The van der Waals surface area contributed by atoms with Crippen molar-refractivity contribution in [2.75, 3.05) is 38.2 Å². The zero-order valence-corrected chi connectivity index (χ0v) is 20.9. The molecule has 2 aromatic carbocycles. The fraction of sp³-hybridized carbons (Fsp3) is 0.321. The minimum absolute atomic E-state index is 0.123. The fourth-order valence-electron chi connectivity index (χ4n) is 3.86. The average Bonchev–Trinajstić information content (AvgIpc) is 2.91. The monoisotopic (exact) mass is 487 g/mol. The molecule has 188 valence electrons. The topological polar surface area (TPSA) is 81.5 Å². The van der Waals surface area contributed by atoms with Gasteiger partial charge in [0, 0.05) is 29.9 Å². The molecule has 0 aliphatic rings. The lowest BCUT2D eigenvalue weighted by molar-refractivity contribution is 0.113. The molecule has 8 nitrogen and oxygen atoms in total. The molecule has 0 bridgehead atoms. The second-order valence-corrected chi connectivity index (χ2v) is 8.36. The van der Waals surface area contributed by atoms with Crippen LogP contribution < -0.4 is 15.6 Å². The Kier molecular flexibility index (Phi) is 9.02. The molecule has 8 heteroatoms. The van der Waals surface area contributed by atoms with E-state index in [0.29, 0.717) is 38.0 Å². The summed E-state index contributed by atoms with van der Waals surface area (Å²) in [5, 5.41) is 4.01. The number of likely N-dealkylation sites (N-methyl/N-ethyl adjacent to an activating group) is 1. The SMILES string of the molecule is CCN(CC)CCOc1ccc(Nc2ncc3ccc(=O)n(CCOCc4ccccc4)c3n2)cc1. The van der Waals surface area contributed by atoms with E-state index in [-0.39, 0.29) is 5.56 Å². The van der Waals surface area contributed by atoms with Crippen molar-refractivity contribution in [1.82, 2.24) is 19.4 Å². The van der Waals surface area contributed by atoms with Crippen LogP contribution in [0.5, 0.6) is 5.75 Å². The molecule has 0 radical (unpaired) electrons. The van der Waals surface area contributed by atoms with Crippen LogP contribution in [0, 0.1) is 0 Å². The normalized spacial score (nSPS) is 11.2. The molecule has 0 aliphatic carbocycles. The van der Waals surface area contributed by atoms with Crippen LogP contribution >= 0.6 is 0 Å². The van der Waals surface area contributed by atoms with Gasteiger partial charge in [-0.05, 0) is 49.0 Å². The van der Waals surface area contributed by atoms with Crippen molar-refractivity contribution in [3.63, 3.8) is 0 Å². The number of hydrogen-bond acceptors (Lipinski definition) is 7. The van der Waals surface area contributed by atoms with E-state index >= 15 is 0 Å². The maximum absolute atomic E-state index is 12.6. The molecule has 0 unspecified atom stereocenters. The Hall–Kier alpha value is -3.75. The molecule has 0 aliphatic heterocycles. The van der Waals surface area contributed by atoms with Crippen LogP contribution in [-0.4, -0.2) is 52.3 Å². The van der Waals surface area contributed by atoms with Crippen molar-refractivity contribution in [1.29, 1.82) is 0 Å². The largest absolute Gasteiger partial charge is 0.492 e. The molecule has 4 aromatic rings. The molecule has 36 heavy (non-hydrogen) atoms. The van der Waals surface area contributed by atoms with Crippen LogP contribution in [0.3, 0.4) is 0 Å². The van der Waals surface area contributed by atoms with Gasteiger partial charge in [-0.25, -0.2) is 4.98 Å². The van der Waals surface area contributed by atoms with Crippen molar-refractivity contribution >= 4 is 22.7 Å². The van der Waals surface area contributed by atoms with Gasteiger partial charge in [-0.1, -0.05) is 44.2 Å². The van der Waals surface area contributed by atoms with E-state index in [1.807, 2.05) is 54.6 Å². The number of anilines is 2. The Morgan fingerprint density at radius 1 is 0.944 bits per heavy atom. The molecule has 0 spiro atoms. The molecular weight excluding hydrogens is 454 g/mol. The van der Waals surface area contributed by atoms with E-state index in [9.17, 15) is 4.79 Å². The maximum atomic E-state index is 12.6.